The summed E-state index contributed by atoms with van der Waals surface area (Å²) in [7, 11) is 0. The quantitative estimate of drug-likeness (QED) is 0.215. The minimum Gasteiger partial charge on any atom is -0.452 e. The average Bonchev–Trinajstić information content (AvgIpc) is 2.54. The van der Waals surface area contributed by atoms with E-state index in [2.05, 4.69) is 159 Å². The lowest BCUT2D eigenvalue weighted by Gasteiger charge is -2.18. The van der Waals surface area contributed by atoms with E-state index in [-0.39, 0.29) is 0 Å². The van der Waals surface area contributed by atoms with Gasteiger partial charge in [0.15, 0.2) is 11.5 Å². The van der Waals surface area contributed by atoms with Crippen LogP contribution in [-0.2, 0) is 0 Å². The Morgan fingerprint density at radius 2 is 0.478 bits per heavy atom. The minimum absolute atomic E-state index is 0.620. The van der Waals surface area contributed by atoms with Crippen molar-refractivity contribution in [3.05, 3.63) is 44.7 Å². The molecule has 1 nitrogen and oxygen atoms in total. The molecule has 0 unspecified atom stereocenters. The molecule has 0 saturated carbocycles. The zero-order valence-electron chi connectivity index (χ0n) is 10.2. The second kappa shape index (κ2) is 9.03. The normalized spacial score (nSPS) is 11.0. The Labute approximate surface area is 216 Å². The first-order valence-corrected chi connectivity index (χ1v) is 13.2. The third-order valence-electron chi connectivity index (χ3n) is 2.54. The molecule has 2 aromatic rings. The maximum absolute atomic E-state index is 6.19. The monoisotopic (exact) mass is 949 g/mol. The molecule has 0 bridgehead atoms. The van der Waals surface area contributed by atoms with Gasteiger partial charge in [-0.3, -0.25) is 0 Å². The van der Waals surface area contributed by atoms with E-state index in [9.17, 15) is 0 Å². The fraction of sp³-hybridized carbons (Fsp3) is 0. The number of halogens is 10. The van der Waals surface area contributed by atoms with Crippen molar-refractivity contribution in [1.29, 1.82) is 0 Å². The first-order chi connectivity index (χ1) is 10.6. The molecular weight excluding hydrogens is 959 g/mol. The second-order valence-corrected chi connectivity index (χ2v) is 11.8. The Kier molecular flexibility index (Phi) is 8.76. The van der Waals surface area contributed by atoms with Crippen LogP contribution >= 0.6 is 159 Å². The van der Waals surface area contributed by atoms with Crippen LogP contribution in [0.15, 0.2) is 44.7 Å². The number of hydrogen-bond donors (Lipinski definition) is 0. The highest BCUT2D eigenvalue weighted by Gasteiger charge is 2.24. The van der Waals surface area contributed by atoms with E-state index in [0.717, 1.165) is 44.7 Å². The van der Waals surface area contributed by atoms with Gasteiger partial charge in [0.25, 0.3) is 0 Å². The molecule has 2 aromatic carbocycles. The highest BCUT2D eigenvalue weighted by Crippen LogP contribution is 2.54. The van der Waals surface area contributed by atoms with Gasteiger partial charge in [0.1, 0.15) is 0 Å². The van der Waals surface area contributed by atoms with Crippen LogP contribution in [-0.4, -0.2) is 0 Å². The van der Waals surface area contributed by atoms with Crippen LogP contribution < -0.4 is 4.74 Å². The Morgan fingerprint density at radius 1 is 0.304 bits per heavy atom. The van der Waals surface area contributed by atoms with Crippen LogP contribution in [0, 0.1) is 0 Å². The molecule has 0 atom stereocenters. The Hall–Kier alpha value is 3.04. The van der Waals surface area contributed by atoms with Crippen LogP contribution in [0.2, 0.25) is 0 Å². The van der Waals surface area contributed by atoms with Crippen molar-refractivity contribution in [3.8, 4) is 11.5 Å². The van der Waals surface area contributed by atoms with Gasteiger partial charge >= 0.3 is 0 Å². The molecule has 0 amide bonds. The maximum atomic E-state index is 6.19. The van der Waals surface area contributed by atoms with Crippen molar-refractivity contribution < 1.29 is 4.74 Å². The number of ether oxygens (including phenoxy) is 1. The van der Waals surface area contributed by atoms with Crippen LogP contribution in [0.3, 0.4) is 0 Å². The summed E-state index contributed by atoms with van der Waals surface area (Å²) in [5, 5.41) is 0. The van der Waals surface area contributed by atoms with Crippen molar-refractivity contribution in [1.82, 2.24) is 0 Å². The van der Waals surface area contributed by atoms with Gasteiger partial charge in [-0.15, -0.1) is 0 Å². The summed E-state index contributed by atoms with van der Waals surface area (Å²) in [5.41, 5.74) is 0. The van der Waals surface area contributed by atoms with Gasteiger partial charge in [0.2, 0.25) is 0 Å². The predicted octanol–water partition coefficient (Wildman–Crippen LogP) is 11.1. The van der Waals surface area contributed by atoms with E-state index in [1.165, 1.54) is 0 Å². The molecule has 124 valence electrons. The third kappa shape index (κ3) is 4.39. The Balaban J connectivity index is 2.71. The molecule has 0 radical (unpaired) electrons. The lowest BCUT2D eigenvalue weighted by molar-refractivity contribution is 0.468. The molecule has 0 aliphatic rings. The van der Waals surface area contributed by atoms with Gasteiger partial charge in [-0.2, -0.15) is 0 Å². The molecule has 23 heavy (non-hydrogen) atoms. The van der Waals surface area contributed by atoms with Gasteiger partial charge in [0.05, 0.1) is 35.8 Å². The summed E-state index contributed by atoms with van der Waals surface area (Å²) in [6.45, 7) is 0. The molecule has 0 N–H and O–H groups in total. The highest BCUT2D eigenvalue weighted by atomic mass is 79.9. The minimum atomic E-state index is 0.620. The van der Waals surface area contributed by atoms with Crippen LogP contribution in [0.5, 0.6) is 11.5 Å². The summed E-state index contributed by atoms with van der Waals surface area (Å²) in [6, 6.07) is 0. The SMILES string of the molecule is Brc1c(Br)c(Br)c(O[12c]2c(Br)c(Br)c(Br)c(Br)c2Br)c(Br)c1Br. The van der Waals surface area contributed by atoms with E-state index in [0.29, 0.717) is 11.5 Å². The number of rotatable bonds is 2. The molecule has 0 saturated heterocycles. The summed E-state index contributed by atoms with van der Waals surface area (Å²) in [5.74, 6) is 1.24. The zero-order valence-corrected chi connectivity index (χ0v) is 26.0. The molecule has 11 heteroatoms. The zero-order chi connectivity index (χ0) is 17.6. The third-order valence-corrected chi connectivity index (χ3v) is 14.6. The number of benzene rings is 2. The first kappa shape index (κ1) is 22.3. The second-order valence-electron chi connectivity index (χ2n) is 3.90. The maximum Gasteiger partial charge on any atom is 0.158 e. The lowest BCUT2D eigenvalue weighted by Crippen LogP contribution is -1.94. The van der Waals surface area contributed by atoms with Crippen molar-refractivity contribution >= 4 is 159 Å². The highest BCUT2D eigenvalue weighted by molar-refractivity contribution is 9.16. The molecule has 0 aliphatic heterocycles. The van der Waals surface area contributed by atoms with Crippen molar-refractivity contribution in [3.63, 3.8) is 0 Å². The van der Waals surface area contributed by atoms with Gasteiger partial charge < -0.3 is 4.74 Å². The standard InChI is InChI=1S/C12Br10O/c13-1-3(15)7(19)11(8(20)4(1)16)23-12-9(21)5(17)2(14)6(18)10(12)22/i11+0. The summed E-state index contributed by atoms with van der Waals surface area (Å²) >= 11 is 35.4. The van der Waals surface area contributed by atoms with E-state index in [4.69, 9.17) is 4.74 Å². The molecule has 0 fully saturated rings. The van der Waals surface area contributed by atoms with Gasteiger partial charge in [0, 0.05) is 8.95 Å². The van der Waals surface area contributed by atoms with Crippen molar-refractivity contribution in [2.24, 2.45) is 0 Å². The smallest absolute Gasteiger partial charge is 0.158 e. The summed E-state index contributed by atoms with van der Waals surface area (Å²) < 4.78 is 14.4. The molecule has 0 spiro atoms. The topological polar surface area (TPSA) is 9.23 Å². The molecule has 0 aliphatic carbocycles. The Bertz CT molecular complexity index is 691. The molecule has 2 rings (SSSR count). The van der Waals surface area contributed by atoms with Crippen LogP contribution in [0.25, 0.3) is 0 Å². The molecular formula is C12Br10O. The molecule has 0 heterocycles. The van der Waals surface area contributed by atoms with Crippen LogP contribution in [0.4, 0.5) is 0 Å². The average molecular weight is 959 g/mol. The van der Waals surface area contributed by atoms with Gasteiger partial charge in [-0.25, -0.2) is 0 Å². The van der Waals surface area contributed by atoms with E-state index in [1.807, 2.05) is 0 Å². The number of hydrogen-bond acceptors (Lipinski definition) is 1. The largest absolute Gasteiger partial charge is 0.452 e. The van der Waals surface area contributed by atoms with Crippen molar-refractivity contribution in [2.45, 2.75) is 0 Å². The summed E-state index contributed by atoms with van der Waals surface area (Å²) in [6.07, 6.45) is 0. The van der Waals surface area contributed by atoms with Gasteiger partial charge in [-0.05, 0) is 159 Å². The van der Waals surface area contributed by atoms with E-state index in [1.54, 1.807) is 0 Å². The van der Waals surface area contributed by atoms with Gasteiger partial charge in [-0.1, -0.05) is 0 Å². The summed E-state index contributed by atoms with van der Waals surface area (Å²) in [4.78, 5) is 0. The predicted molar refractivity (Wildman–Crippen MR) is 130 cm³/mol. The fourth-order valence-electron chi connectivity index (χ4n) is 1.45. The van der Waals surface area contributed by atoms with Crippen LogP contribution in [0.1, 0.15) is 0 Å². The lowest BCUT2D eigenvalue weighted by atomic mass is 10.3. The first-order valence-electron chi connectivity index (χ1n) is 5.30. The van der Waals surface area contributed by atoms with Crippen molar-refractivity contribution in [2.75, 3.05) is 0 Å². The fourth-order valence-corrected chi connectivity index (χ4v) is 7.80. The van der Waals surface area contributed by atoms with E-state index >= 15 is 0 Å². The Morgan fingerprint density at radius 3 is 0.696 bits per heavy atom. The van der Waals surface area contributed by atoms with E-state index < -0.39 is 0 Å². The molecule has 0 aromatic heterocycles.